The van der Waals surface area contributed by atoms with E-state index in [4.69, 9.17) is 4.74 Å². The lowest BCUT2D eigenvalue weighted by Crippen LogP contribution is -2.40. The van der Waals surface area contributed by atoms with Crippen molar-refractivity contribution in [2.75, 3.05) is 32.8 Å². The average molecular weight is 292 g/mol. The van der Waals surface area contributed by atoms with Gasteiger partial charge >= 0.3 is 5.97 Å². The summed E-state index contributed by atoms with van der Waals surface area (Å²) in [5.74, 6) is -0.367. The highest BCUT2D eigenvalue weighted by Gasteiger charge is 2.13. The second-order valence-electron chi connectivity index (χ2n) is 4.69. The maximum Gasteiger partial charge on any atom is 0.320 e. The first kappa shape index (κ1) is 17.2. The molecule has 0 heterocycles. The van der Waals surface area contributed by atoms with Crippen molar-refractivity contribution in [1.29, 1.82) is 0 Å². The first-order chi connectivity index (χ1) is 10.2. The Hall–Kier alpha value is -1.88. The van der Waals surface area contributed by atoms with Crippen molar-refractivity contribution in [2.24, 2.45) is 0 Å². The van der Waals surface area contributed by atoms with Crippen LogP contribution < -0.4 is 5.32 Å². The van der Waals surface area contributed by atoms with E-state index in [9.17, 15) is 9.59 Å². The molecule has 0 saturated heterocycles. The molecule has 0 bridgehead atoms. The molecular formula is C16H24N2O3. The Kier molecular flexibility index (Phi) is 8.12. The first-order valence-electron chi connectivity index (χ1n) is 7.34. The molecule has 0 aliphatic rings. The number of nitrogens with zero attached hydrogens (tertiary/aromatic N) is 1. The molecule has 0 spiro atoms. The molecule has 0 aliphatic carbocycles. The highest BCUT2D eigenvalue weighted by molar-refractivity contribution is 5.79. The number of hydrogen-bond acceptors (Lipinski definition) is 4. The molecule has 1 rings (SSSR count). The third-order valence-electron chi connectivity index (χ3n) is 3.05. The molecular weight excluding hydrogens is 268 g/mol. The van der Waals surface area contributed by atoms with Crippen molar-refractivity contribution >= 4 is 11.9 Å². The number of carbonyl (C=O) groups is 2. The Balaban J connectivity index is 2.26. The Morgan fingerprint density at radius 1 is 1.14 bits per heavy atom. The highest BCUT2D eigenvalue weighted by atomic mass is 16.5. The van der Waals surface area contributed by atoms with Gasteiger partial charge in [-0.3, -0.25) is 14.5 Å². The number of benzene rings is 1. The Morgan fingerprint density at radius 2 is 1.86 bits per heavy atom. The minimum Gasteiger partial charge on any atom is -0.465 e. The summed E-state index contributed by atoms with van der Waals surface area (Å²) in [5, 5.41) is 2.87. The second-order valence-corrected chi connectivity index (χ2v) is 4.69. The molecule has 1 aromatic carbocycles. The van der Waals surface area contributed by atoms with E-state index in [0.717, 1.165) is 6.42 Å². The molecule has 1 amide bonds. The van der Waals surface area contributed by atoms with Crippen LogP contribution >= 0.6 is 0 Å². The van der Waals surface area contributed by atoms with Crippen LogP contribution in [-0.2, 0) is 20.7 Å². The van der Waals surface area contributed by atoms with Gasteiger partial charge in [0.2, 0.25) is 5.91 Å². The summed E-state index contributed by atoms with van der Waals surface area (Å²) < 4.78 is 4.88. The number of amides is 1. The van der Waals surface area contributed by atoms with E-state index < -0.39 is 0 Å². The summed E-state index contributed by atoms with van der Waals surface area (Å²) in [5.41, 5.74) is 1.19. The maximum atomic E-state index is 11.8. The lowest BCUT2D eigenvalue weighted by atomic mass is 10.1. The fourth-order valence-electron chi connectivity index (χ4n) is 1.92. The van der Waals surface area contributed by atoms with Crippen LogP contribution in [0.15, 0.2) is 30.3 Å². The van der Waals surface area contributed by atoms with Gasteiger partial charge in [0.1, 0.15) is 0 Å². The molecule has 0 fully saturated rings. The van der Waals surface area contributed by atoms with Gasteiger partial charge in [-0.15, -0.1) is 0 Å². The van der Waals surface area contributed by atoms with Gasteiger partial charge in [0, 0.05) is 6.54 Å². The van der Waals surface area contributed by atoms with E-state index in [1.807, 2.05) is 37.3 Å². The molecule has 0 aliphatic heterocycles. The fraction of sp³-hybridized carbons (Fsp3) is 0.500. The predicted octanol–water partition coefficient (Wildman–Crippen LogP) is 1.23. The lowest BCUT2D eigenvalue weighted by molar-refractivity contribution is -0.144. The number of rotatable bonds is 9. The van der Waals surface area contributed by atoms with Crippen LogP contribution in [-0.4, -0.2) is 49.6 Å². The molecule has 0 radical (unpaired) electrons. The third kappa shape index (κ3) is 7.46. The molecule has 116 valence electrons. The summed E-state index contributed by atoms with van der Waals surface area (Å²) in [6.45, 7) is 5.63. The smallest absolute Gasteiger partial charge is 0.320 e. The van der Waals surface area contributed by atoms with Crippen LogP contribution in [0.4, 0.5) is 0 Å². The average Bonchev–Trinajstić information content (AvgIpc) is 2.48. The van der Waals surface area contributed by atoms with Crippen molar-refractivity contribution < 1.29 is 14.3 Å². The molecule has 5 heteroatoms. The van der Waals surface area contributed by atoms with Gasteiger partial charge in [-0.1, -0.05) is 37.3 Å². The quantitative estimate of drug-likeness (QED) is 0.696. The van der Waals surface area contributed by atoms with E-state index in [2.05, 4.69) is 5.32 Å². The minimum atomic E-state index is -0.295. The normalized spacial score (nSPS) is 10.4. The van der Waals surface area contributed by atoms with Crippen LogP contribution in [0, 0.1) is 0 Å². The molecule has 0 aromatic heterocycles. The van der Waals surface area contributed by atoms with Gasteiger partial charge in [-0.05, 0) is 25.5 Å². The van der Waals surface area contributed by atoms with Crippen LogP contribution in [0.3, 0.4) is 0 Å². The number of nitrogens with one attached hydrogen (secondary N) is 1. The van der Waals surface area contributed by atoms with E-state index in [1.165, 1.54) is 5.56 Å². The molecule has 21 heavy (non-hydrogen) atoms. The molecule has 1 aromatic rings. The van der Waals surface area contributed by atoms with Gasteiger partial charge in [0.15, 0.2) is 0 Å². The Morgan fingerprint density at radius 3 is 2.48 bits per heavy atom. The van der Waals surface area contributed by atoms with Crippen molar-refractivity contribution in [2.45, 2.75) is 20.3 Å². The topological polar surface area (TPSA) is 58.6 Å². The number of esters is 1. The minimum absolute atomic E-state index is 0.0721. The largest absolute Gasteiger partial charge is 0.465 e. The van der Waals surface area contributed by atoms with Gasteiger partial charge < -0.3 is 10.1 Å². The van der Waals surface area contributed by atoms with Crippen molar-refractivity contribution in [3.63, 3.8) is 0 Å². The molecule has 0 unspecified atom stereocenters. The zero-order valence-electron chi connectivity index (χ0n) is 12.8. The highest BCUT2D eigenvalue weighted by Crippen LogP contribution is 1.98. The van der Waals surface area contributed by atoms with Crippen molar-refractivity contribution in [3.8, 4) is 0 Å². The van der Waals surface area contributed by atoms with Gasteiger partial charge in [0.05, 0.1) is 19.7 Å². The first-order valence-corrected chi connectivity index (χ1v) is 7.34. The van der Waals surface area contributed by atoms with Crippen LogP contribution in [0.25, 0.3) is 0 Å². The Bertz CT molecular complexity index is 434. The number of hydrogen-bond donors (Lipinski definition) is 1. The van der Waals surface area contributed by atoms with Crippen LogP contribution in [0.5, 0.6) is 0 Å². The molecule has 5 nitrogen and oxygen atoms in total. The fourth-order valence-corrected chi connectivity index (χ4v) is 1.92. The monoisotopic (exact) mass is 292 g/mol. The molecule has 0 saturated carbocycles. The summed E-state index contributed by atoms with van der Waals surface area (Å²) in [7, 11) is 0. The predicted molar refractivity (Wildman–Crippen MR) is 81.9 cm³/mol. The Labute approximate surface area is 126 Å². The summed E-state index contributed by atoms with van der Waals surface area (Å²) in [4.78, 5) is 25.0. The van der Waals surface area contributed by atoms with Gasteiger partial charge in [0.25, 0.3) is 0 Å². The van der Waals surface area contributed by atoms with Crippen molar-refractivity contribution in [3.05, 3.63) is 35.9 Å². The zero-order chi connectivity index (χ0) is 15.5. The van der Waals surface area contributed by atoms with E-state index in [1.54, 1.807) is 11.8 Å². The maximum absolute atomic E-state index is 11.8. The summed E-state index contributed by atoms with van der Waals surface area (Å²) in [6.07, 6.45) is 0.802. The zero-order valence-corrected chi connectivity index (χ0v) is 12.8. The number of carbonyl (C=O) groups excluding carboxylic acids is 2. The van der Waals surface area contributed by atoms with Gasteiger partial charge in [-0.2, -0.15) is 0 Å². The van der Waals surface area contributed by atoms with Crippen LogP contribution in [0.2, 0.25) is 0 Å². The van der Waals surface area contributed by atoms with Crippen LogP contribution in [0.1, 0.15) is 19.4 Å². The molecule has 1 N–H and O–H groups in total. The lowest BCUT2D eigenvalue weighted by Gasteiger charge is -2.18. The standard InChI is InChI=1S/C16H24N2O3/c1-3-18(13-16(20)21-4-2)12-15(19)17-11-10-14-8-6-5-7-9-14/h5-9H,3-4,10-13H2,1-2H3,(H,17,19). The number of likely N-dealkylation sites (N-methyl/N-ethyl adjacent to an activating group) is 1. The van der Waals surface area contributed by atoms with Gasteiger partial charge in [-0.25, -0.2) is 0 Å². The van der Waals surface area contributed by atoms with E-state index in [-0.39, 0.29) is 25.0 Å². The summed E-state index contributed by atoms with van der Waals surface area (Å²) >= 11 is 0. The molecule has 0 atom stereocenters. The van der Waals surface area contributed by atoms with Crippen molar-refractivity contribution in [1.82, 2.24) is 10.2 Å². The summed E-state index contributed by atoms with van der Waals surface area (Å²) in [6, 6.07) is 10.00. The van der Waals surface area contributed by atoms with E-state index in [0.29, 0.717) is 19.7 Å². The SMILES string of the molecule is CCOC(=O)CN(CC)CC(=O)NCCc1ccccc1. The third-order valence-corrected chi connectivity index (χ3v) is 3.05. The van der Waals surface area contributed by atoms with E-state index >= 15 is 0 Å². The number of ether oxygens (including phenoxy) is 1. The second kappa shape index (κ2) is 9.94.